The minimum Gasteiger partial charge on any atom is -0.508 e. The number of Topliss-reactive ketones (excluding diaryl/α,β-unsaturated/α-hetero) is 2. The fourth-order valence-corrected chi connectivity index (χ4v) is 6.31. The van der Waals surface area contributed by atoms with Crippen molar-refractivity contribution in [3.63, 3.8) is 0 Å². The number of phenols is 1. The number of allylic oxidation sites excluding steroid dienone is 1. The number of ketones is 2. The van der Waals surface area contributed by atoms with Crippen LogP contribution in [0.2, 0.25) is 0 Å². The number of phenolic OH excluding ortho intramolecular Hbond substituents is 1. The van der Waals surface area contributed by atoms with Crippen LogP contribution >= 0.6 is 0 Å². The number of hydrogen-bond donors (Lipinski definition) is 6. The largest absolute Gasteiger partial charge is 0.508 e. The highest BCUT2D eigenvalue weighted by molar-refractivity contribution is 6.16. The number of aromatic hydroxyl groups is 1. The number of benzene rings is 1. The second kappa shape index (κ2) is 8.27. The summed E-state index contributed by atoms with van der Waals surface area (Å²) in [6.07, 6.45) is 1.09. The number of aliphatic hydroxyl groups is 3. The number of fused-ring (bicyclic) bond motifs is 3. The zero-order valence-corrected chi connectivity index (χ0v) is 19.9. The van der Waals surface area contributed by atoms with Crippen molar-refractivity contribution in [2.24, 2.45) is 23.5 Å². The lowest BCUT2D eigenvalue weighted by Crippen LogP contribution is -2.63. The summed E-state index contributed by atoms with van der Waals surface area (Å²) in [6, 6.07) is 7.23. The molecule has 6 rings (SSSR count). The first kappa shape index (κ1) is 23.9. The van der Waals surface area contributed by atoms with Gasteiger partial charge in [0.25, 0.3) is 0 Å². The molecule has 1 aromatic carbocycles. The minimum atomic E-state index is -2.52. The number of carbonyl (C=O) groups is 3. The molecule has 7 N–H and O–H groups in total. The molecule has 37 heavy (non-hydrogen) atoms. The number of amides is 1. The highest BCUT2D eigenvalue weighted by Crippen LogP contribution is 2.52. The van der Waals surface area contributed by atoms with E-state index in [1.54, 1.807) is 6.07 Å². The first-order valence-electron chi connectivity index (χ1n) is 12.5. The topological polar surface area (TPSA) is 183 Å². The molecule has 0 bridgehead atoms. The number of furan rings is 1. The van der Waals surface area contributed by atoms with Gasteiger partial charge in [0.15, 0.2) is 17.2 Å². The van der Waals surface area contributed by atoms with Crippen LogP contribution in [0.5, 0.6) is 5.75 Å². The van der Waals surface area contributed by atoms with Gasteiger partial charge in [-0.05, 0) is 67.9 Å². The van der Waals surface area contributed by atoms with E-state index >= 15 is 0 Å². The monoisotopic (exact) mass is 508 g/mol. The van der Waals surface area contributed by atoms with E-state index in [1.165, 1.54) is 6.07 Å². The molecule has 194 valence electrons. The van der Waals surface area contributed by atoms with E-state index in [9.17, 15) is 34.8 Å². The third-order valence-electron chi connectivity index (χ3n) is 8.34. The number of nitrogens with one attached hydrogen (secondary N) is 1. The number of carbonyl (C=O) groups excluding carboxylic acids is 3. The van der Waals surface area contributed by atoms with Crippen LogP contribution in [0.1, 0.15) is 47.4 Å². The molecule has 2 aromatic rings. The van der Waals surface area contributed by atoms with Crippen molar-refractivity contribution in [2.75, 3.05) is 0 Å². The van der Waals surface area contributed by atoms with E-state index in [1.807, 2.05) is 12.1 Å². The van der Waals surface area contributed by atoms with Gasteiger partial charge in [-0.2, -0.15) is 0 Å². The van der Waals surface area contributed by atoms with Gasteiger partial charge in [-0.1, -0.05) is 0 Å². The maximum atomic E-state index is 13.7. The van der Waals surface area contributed by atoms with Crippen molar-refractivity contribution in [3.05, 3.63) is 52.5 Å². The number of aliphatic hydroxyl groups excluding tert-OH is 2. The van der Waals surface area contributed by atoms with E-state index < -0.39 is 52.7 Å². The van der Waals surface area contributed by atoms with Gasteiger partial charge in [-0.3, -0.25) is 14.4 Å². The molecule has 2 fully saturated rings. The highest BCUT2D eigenvalue weighted by Gasteiger charge is 2.62. The number of hydrogen-bond acceptors (Lipinski definition) is 9. The molecule has 0 aliphatic heterocycles. The summed E-state index contributed by atoms with van der Waals surface area (Å²) < 4.78 is 6.03. The lowest BCUT2D eigenvalue weighted by Gasteiger charge is -2.48. The molecule has 0 saturated heterocycles. The van der Waals surface area contributed by atoms with Crippen LogP contribution in [-0.2, 0) is 22.6 Å². The summed E-state index contributed by atoms with van der Waals surface area (Å²) >= 11 is 0. The van der Waals surface area contributed by atoms with E-state index in [0.717, 1.165) is 18.6 Å². The molecule has 2 unspecified atom stereocenters. The highest BCUT2D eigenvalue weighted by atomic mass is 16.4. The molecule has 1 amide bonds. The van der Waals surface area contributed by atoms with Gasteiger partial charge in [0.2, 0.25) is 5.91 Å². The Morgan fingerprint density at radius 2 is 1.89 bits per heavy atom. The van der Waals surface area contributed by atoms with Crippen molar-refractivity contribution in [3.8, 4) is 17.1 Å². The third kappa shape index (κ3) is 3.54. The van der Waals surface area contributed by atoms with E-state index in [4.69, 9.17) is 10.2 Å². The first-order chi connectivity index (χ1) is 17.6. The zero-order chi connectivity index (χ0) is 26.2. The van der Waals surface area contributed by atoms with Gasteiger partial charge in [-0.15, -0.1) is 0 Å². The van der Waals surface area contributed by atoms with Crippen molar-refractivity contribution >= 4 is 17.5 Å². The van der Waals surface area contributed by atoms with Crippen LogP contribution < -0.4 is 11.1 Å². The van der Waals surface area contributed by atoms with Crippen LogP contribution in [0.3, 0.4) is 0 Å². The predicted octanol–water partition coefficient (Wildman–Crippen LogP) is 1.26. The van der Waals surface area contributed by atoms with Crippen LogP contribution in [0.4, 0.5) is 0 Å². The Balaban J connectivity index is 1.41. The molecule has 10 nitrogen and oxygen atoms in total. The summed E-state index contributed by atoms with van der Waals surface area (Å²) in [7, 11) is 0. The van der Waals surface area contributed by atoms with Crippen LogP contribution in [-0.4, -0.2) is 55.6 Å². The summed E-state index contributed by atoms with van der Waals surface area (Å²) in [6.45, 7) is 0.580. The van der Waals surface area contributed by atoms with Crippen molar-refractivity contribution in [2.45, 2.75) is 56.4 Å². The fourth-order valence-electron chi connectivity index (χ4n) is 6.31. The molecule has 10 heteroatoms. The molecule has 0 radical (unpaired) electrons. The van der Waals surface area contributed by atoms with Crippen LogP contribution in [0.15, 0.2) is 40.0 Å². The molecule has 1 heterocycles. The quantitative estimate of drug-likeness (QED) is 0.324. The minimum absolute atomic E-state index is 0.0267. The second-order valence-electron chi connectivity index (χ2n) is 10.6. The van der Waals surface area contributed by atoms with E-state index in [2.05, 4.69) is 5.32 Å². The lowest BCUT2D eigenvalue weighted by atomic mass is 9.57. The Labute approximate surface area is 211 Å². The molecule has 2 saturated carbocycles. The maximum Gasteiger partial charge on any atom is 0.230 e. The Kier molecular flexibility index (Phi) is 5.34. The fraction of sp³-hybridized carbons (Fsp3) is 0.444. The van der Waals surface area contributed by atoms with Crippen LogP contribution in [0, 0.1) is 17.8 Å². The van der Waals surface area contributed by atoms with Crippen LogP contribution in [0.25, 0.3) is 11.3 Å². The number of primary amides is 1. The van der Waals surface area contributed by atoms with Crippen molar-refractivity contribution in [1.29, 1.82) is 0 Å². The van der Waals surface area contributed by atoms with Gasteiger partial charge >= 0.3 is 0 Å². The molecule has 4 aliphatic rings. The predicted molar refractivity (Wildman–Crippen MR) is 128 cm³/mol. The molecule has 0 spiro atoms. The van der Waals surface area contributed by atoms with Gasteiger partial charge in [0.1, 0.15) is 28.9 Å². The van der Waals surface area contributed by atoms with Gasteiger partial charge in [0, 0.05) is 23.1 Å². The lowest BCUT2D eigenvalue weighted by molar-refractivity contribution is -0.167. The van der Waals surface area contributed by atoms with E-state index in [0.29, 0.717) is 29.5 Å². The SMILES string of the molecule is NC(=O)C1C(=O)[C@@]2(O)C(O)=C3C(=O)c4c(O)ccc(-c5ccc(CNC6CC6)o5)c4C[C@H]3C[C@H]2CC1O. The standard InChI is InChI=1S/C27H28N2O8/c28-26(35)22-18(31)9-12-7-11-8-16-15(19-6-3-14(37-19)10-29-13-1-2-13)4-5-17(30)21(16)23(32)20(11)24(33)27(12,36)25(22)34/h3-6,11-13,18,22,29-31,33,36H,1-2,7-10H2,(H2,28,35)/t11-,12+,18?,22?,27+/m1/s1. The molecule has 5 atom stereocenters. The molecule has 4 aliphatic carbocycles. The van der Waals surface area contributed by atoms with Gasteiger partial charge in [0.05, 0.1) is 18.2 Å². The third-order valence-corrected chi connectivity index (χ3v) is 8.34. The Hall–Kier alpha value is -3.47. The number of nitrogens with two attached hydrogens (primary N) is 1. The Bertz CT molecular complexity index is 1370. The average molecular weight is 509 g/mol. The van der Waals surface area contributed by atoms with Crippen molar-refractivity contribution < 1.29 is 39.2 Å². The van der Waals surface area contributed by atoms with Gasteiger partial charge in [-0.25, -0.2) is 0 Å². The first-order valence-corrected chi connectivity index (χ1v) is 12.5. The van der Waals surface area contributed by atoms with Crippen molar-refractivity contribution in [1.82, 2.24) is 5.32 Å². The average Bonchev–Trinajstić information content (AvgIpc) is 3.56. The van der Waals surface area contributed by atoms with Gasteiger partial charge < -0.3 is 35.9 Å². The summed E-state index contributed by atoms with van der Waals surface area (Å²) in [4.78, 5) is 38.6. The molecule has 1 aromatic heterocycles. The molecular weight excluding hydrogens is 480 g/mol. The number of rotatable bonds is 5. The summed E-state index contributed by atoms with van der Waals surface area (Å²) in [5.74, 6) is -5.98. The van der Waals surface area contributed by atoms with E-state index in [-0.39, 0.29) is 36.1 Å². The Morgan fingerprint density at radius 1 is 1.14 bits per heavy atom. The Morgan fingerprint density at radius 3 is 2.59 bits per heavy atom. The summed E-state index contributed by atoms with van der Waals surface area (Å²) in [5, 5.41) is 46.9. The maximum absolute atomic E-state index is 13.7. The smallest absolute Gasteiger partial charge is 0.230 e. The zero-order valence-electron chi connectivity index (χ0n) is 19.9. The summed E-state index contributed by atoms with van der Waals surface area (Å²) in [5.41, 5.74) is 3.75. The second-order valence-corrected chi connectivity index (χ2v) is 10.6. The molecular formula is C27H28N2O8. The normalized spacial score (nSPS) is 31.1.